The molecule has 2 aromatic rings. The maximum atomic E-state index is 6.04. The second kappa shape index (κ2) is 4.84. The zero-order valence-electron chi connectivity index (χ0n) is 10.3. The molecule has 3 rings (SSSR count). The molecule has 1 saturated carbocycles. The molecule has 0 aliphatic heterocycles. The fourth-order valence-corrected chi connectivity index (χ4v) is 2.50. The lowest BCUT2D eigenvalue weighted by molar-refractivity contribution is 0.185. The van der Waals surface area contributed by atoms with Gasteiger partial charge in [-0.05, 0) is 48.1 Å². The Morgan fingerprint density at radius 1 is 1.06 bits per heavy atom. The van der Waals surface area contributed by atoms with Gasteiger partial charge in [0.05, 0.1) is 11.8 Å². The first-order valence-corrected chi connectivity index (χ1v) is 6.52. The fourth-order valence-electron chi connectivity index (χ4n) is 2.50. The van der Waals surface area contributed by atoms with Crippen LogP contribution in [-0.2, 0) is 0 Å². The van der Waals surface area contributed by atoms with Crippen LogP contribution in [0.1, 0.15) is 38.5 Å². The molecule has 5 nitrogen and oxygen atoms in total. The number of rotatable bonds is 2. The predicted octanol–water partition coefficient (Wildman–Crippen LogP) is 2.91. The number of nitrogens with two attached hydrogens (primary N) is 1. The van der Waals surface area contributed by atoms with Crippen molar-refractivity contribution in [2.45, 2.75) is 44.6 Å². The molecule has 0 atom stereocenters. The third-order valence-electron chi connectivity index (χ3n) is 3.51. The van der Waals surface area contributed by atoms with Gasteiger partial charge in [-0.2, -0.15) is 0 Å². The standard InChI is InChI=1S/C13H17N3O2/c14-10-7-8-11(13-12(10)15-18-16-13)17-9-5-3-1-2-4-6-9/h7-9H,1-6,14H2. The van der Waals surface area contributed by atoms with Crippen molar-refractivity contribution in [2.75, 3.05) is 5.73 Å². The van der Waals surface area contributed by atoms with Crippen LogP contribution in [0, 0.1) is 0 Å². The van der Waals surface area contributed by atoms with E-state index in [0.717, 1.165) is 18.6 Å². The van der Waals surface area contributed by atoms with E-state index in [1.54, 1.807) is 6.07 Å². The summed E-state index contributed by atoms with van der Waals surface area (Å²) in [6, 6.07) is 3.64. The van der Waals surface area contributed by atoms with Crippen molar-refractivity contribution >= 4 is 16.7 Å². The molecule has 1 aromatic carbocycles. The van der Waals surface area contributed by atoms with Crippen LogP contribution in [0.15, 0.2) is 16.8 Å². The number of nitrogen functional groups attached to an aromatic ring is 1. The van der Waals surface area contributed by atoms with Gasteiger partial charge >= 0.3 is 0 Å². The first-order chi connectivity index (χ1) is 8.84. The third-order valence-corrected chi connectivity index (χ3v) is 3.51. The van der Waals surface area contributed by atoms with Crippen molar-refractivity contribution in [1.82, 2.24) is 10.3 Å². The minimum atomic E-state index is 0.274. The summed E-state index contributed by atoms with van der Waals surface area (Å²) in [4.78, 5) is 0. The van der Waals surface area contributed by atoms with Crippen molar-refractivity contribution in [3.05, 3.63) is 12.1 Å². The van der Waals surface area contributed by atoms with Crippen molar-refractivity contribution in [3.63, 3.8) is 0 Å². The number of aromatic nitrogens is 2. The largest absolute Gasteiger partial charge is 0.488 e. The second-order valence-corrected chi connectivity index (χ2v) is 4.85. The molecule has 0 radical (unpaired) electrons. The van der Waals surface area contributed by atoms with Crippen LogP contribution in [0.4, 0.5) is 5.69 Å². The highest BCUT2D eigenvalue weighted by Gasteiger charge is 2.17. The Morgan fingerprint density at radius 2 is 1.78 bits per heavy atom. The molecule has 1 aromatic heterocycles. The number of hydrogen-bond donors (Lipinski definition) is 1. The van der Waals surface area contributed by atoms with Crippen LogP contribution in [0.5, 0.6) is 5.75 Å². The number of fused-ring (bicyclic) bond motifs is 1. The van der Waals surface area contributed by atoms with Gasteiger partial charge in [0.25, 0.3) is 0 Å². The molecule has 96 valence electrons. The second-order valence-electron chi connectivity index (χ2n) is 4.85. The number of benzene rings is 1. The summed E-state index contributed by atoms with van der Waals surface area (Å²) >= 11 is 0. The first kappa shape index (κ1) is 11.3. The summed E-state index contributed by atoms with van der Waals surface area (Å²) < 4.78 is 10.8. The molecule has 0 unspecified atom stereocenters. The van der Waals surface area contributed by atoms with Crippen LogP contribution in [0.2, 0.25) is 0 Å². The molecule has 2 N–H and O–H groups in total. The summed E-state index contributed by atoms with van der Waals surface area (Å²) in [5.74, 6) is 0.729. The van der Waals surface area contributed by atoms with Crippen LogP contribution < -0.4 is 10.5 Å². The van der Waals surface area contributed by atoms with E-state index in [9.17, 15) is 0 Å². The van der Waals surface area contributed by atoms with Gasteiger partial charge in [-0.25, -0.2) is 4.63 Å². The van der Waals surface area contributed by atoms with Gasteiger partial charge in [-0.3, -0.25) is 0 Å². The maximum Gasteiger partial charge on any atom is 0.179 e. The Labute approximate surface area is 105 Å². The van der Waals surface area contributed by atoms with E-state index in [1.807, 2.05) is 6.07 Å². The molecule has 1 fully saturated rings. The topological polar surface area (TPSA) is 74.2 Å². The third kappa shape index (κ3) is 2.12. The van der Waals surface area contributed by atoms with Crippen molar-refractivity contribution in [2.24, 2.45) is 0 Å². The molecular weight excluding hydrogens is 230 g/mol. The van der Waals surface area contributed by atoms with Crippen LogP contribution in [0.25, 0.3) is 11.0 Å². The Kier molecular flexibility index (Phi) is 3.04. The fraction of sp³-hybridized carbons (Fsp3) is 0.538. The van der Waals surface area contributed by atoms with Crippen LogP contribution in [0.3, 0.4) is 0 Å². The molecule has 0 bridgehead atoms. The molecule has 0 saturated heterocycles. The number of nitrogens with zero attached hydrogens (tertiary/aromatic N) is 2. The normalized spacial score (nSPS) is 17.8. The Morgan fingerprint density at radius 3 is 2.56 bits per heavy atom. The van der Waals surface area contributed by atoms with Crippen molar-refractivity contribution in [1.29, 1.82) is 0 Å². The zero-order valence-corrected chi connectivity index (χ0v) is 10.3. The summed E-state index contributed by atoms with van der Waals surface area (Å²) in [7, 11) is 0. The molecule has 0 spiro atoms. The van der Waals surface area contributed by atoms with Crippen LogP contribution in [-0.4, -0.2) is 16.4 Å². The van der Waals surface area contributed by atoms with Crippen molar-refractivity contribution < 1.29 is 9.37 Å². The molecule has 0 amide bonds. The van der Waals surface area contributed by atoms with E-state index in [2.05, 4.69) is 10.3 Å². The summed E-state index contributed by atoms with van der Waals surface area (Å²) in [6.07, 6.45) is 7.58. The first-order valence-electron chi connectivity index (χ1n) is 6.52. The van der Waals surface area contributed by atoms with E-state index in [1.165, 1.54) is 25.7 Å². The maximum absolute atomic E-state index is 6.04. The Balaban J connectivity index is 1.85. The highest BCUT2D eigenvalue weighted by atomic mass is 16.6. The smallest absolute Gasteiger partial charge is 0.179 e. The highest BCUT2D eigenvalue weighted by Crippen LogP contribution is 2.30. The summed E-state index contributed by atoms with van der Waals surface area (Å²) in [5.41, 5.74) is 7.59. The minimum absolute atomic E-state index is 0.274. The minimum Gasteiger partial charge on any atom is -0.488 e. The van der Waals surface area contributed by atoms with Crippen LogP contribution >= 0.6 is 0 Å². The molecule has 5 heteroatoms. The van der Waals surface area contributed by atoms with Gasteiger partial charge in [0.1, 0.15) is 0 Å². The van der Waals surface area contributed by atoms with Crippen molar-refractivity contribution in [3.8, 4) is 5.75 Å². The quantitative estimate of drug-likeness (QED) is 0.652. The number of hydrogen-bond acceptors (Lipinski definition) is 5. The zero-order chi connectivity index (χ0) is 12.4. The summed E-state index contributed by atoms with van der Waals surface area (Å²) in [6.45, 7) is 0. The van der Waals surface area contributed by atoms with E-state index >= 15 is 0 Å². The lowest BCUT2D eigenvalue weighted by Crippen LogP contribution is -2.15. The van der Waals surface area contributed by atoms with E-state index in [-0.39, 0.29) is 6.10 Å². The molecular formula is C13H17N3O2. The highest BCUT2D eigenvalue weighted by molar-refractivity contribution is 5.90. The average molecular weight is 247 g/mol. The van der Waals surface area contributed by atoms with E-state index < -0.39 is 0 Å². The molecule has 1 aliphatic rings. The molecule has 1 heterocycles. The van der Waals surface area contributed by atoms with E-state index in [4.69, 9.17) is 15.1 Å². The number of anilines is 1. The molecule has 1 aliphatic carbocycles. The van der Waals surface area contributed by atoms with Gasteiger partial charge < -0.3 is 10.5 Å². The predicted molar refractivity (Wildman–Crippen MR) is 68.3 cm³/mol. The lowest BCUT2D eigenvalue weighted by atomic mass is 10.1. The van der Waals surface area contributed by atoms with E-state index in [0.29, 0.717) is 16.7 Å². The monoisotopic (exact) mass is 247 g/mol. The van der Waals surface area contributed by atoms with Gasteiger partial charge in [0.15, 0.2) is 16.8 Å². The summed E-state index contributed by atoms with van der Waals surface area (Å²) in [5, 5.41) is 7.68. The number of ether oxygens (including phenoxy) is 1. The Hall–Kier alpha value is -1.78. The Bertz CT molecular complexity index is 530. The SMILES string of the molecule is Nc1ccc(OC2CCCCCC2)c2nonc12. The lowest BCUT2D eigenvalue weighted by Gasteiger charge is -2.16. The van der Waals surface area contributed by atoms with Gasteiger partial charge in [-0.1, -0.05) is 12.8 Å². The van der Waals surface area contributed by atoms with Gasteiger partial charge in [-0.15, -0.1) is 0 Å². The average Bonchev–Trinajstić information content (AvgIpc) is 2.74. The van der Waals surface area contributed by atoms with Gasteiger partial charge in [0, 0.05) is 0 Å². The van der Waals surface area contributed by atoms with Gasteiger partial charge in [0.2, 0.25) is 0 Å². The molecule has 18 heavy (non-hydrogen) atoms.